The van der Waals surface area contributed by atoms with Crippen molar-refractivity contribution in [1.29, 1.82) is 0 Å². The maximum Gasteiger partial charge on any atom is 0.270 e. The summed E-state index contributed by atoms with van der Waals surface area (Å²) in [5, 5.41) is 14.6. The van der Waals surface area contributed by atoms with Crippen LogP contribution in [0, 0.1) is 17.0 Å². The zero-order valence-electron chi connectivity index (χ0n) is 16.6. The van der Waals surface area contributed by atoms with Gasteiger partial charge in [-0.05, 0) is 55.5 Å². The molecule has 0 fully saturated rings. The average Bonchev–Trinajstić information content (AvgIpc) is 3.13. The summed E-state index contributed by atoms with van der Waals surface area (Å²) in [5.41, 5.74) is 1.72. The van der Waals surface area contributed by atoms with Crippen LogP contribution in [0.2, 0.25) is 0 Å². The molecule has 0 aliphatic rings. The van der Waals surface area contributed by atoms with Crippen molar-refractivity contribution in [3.63, 3.8) is 0 Å². The highest BCUT2D eigenvalue weighted by atomic mass is 32.2. The number of nitro groups is 1. The van der Waals surface area contributed by atoms with Crippen molar-refractivity contribution in [3.05, 3.63) is 87.4 Å². The van der Waals surface area contributed by atoms with Gasteiger partial charge in [-0.25, -0.2) is 13.4 Å². The van der Waals surface area contributed by atoms with E-state index < -0.39 is 14.9 Å². The first-order valence-corrected chi connectivity index (χ1v) is 11.6. The van der Waals surface area contributed by atoms with Gasteiger partial charge in [0.15, 0.2) is 0 Å². The monoisotopic (exact) mass is 468 g/mol. The molecule has 4 aromatic rings. The fourth-order valence-electron chi connectivity index (χ4n) is 2.99. The zero-order chi connectivity index (χ0) is 22.9. The molecule has 0 bridgehead atoms. The molecule has 4 rings (SSSR count). The van der Waals surface area contributed by atoms with E-state index in [-0.39, 0.29) is 22.2 Å². The van der Waals surface area contributed by atoms with Crippen molar-refractivity contribution in [3.8, 4) is 0 Å². The van der Waals surface area contributed by atoms with Crippen LogP contribution in [0.25, 0.3) is 10.2 Å². The van der Waals surface area contributed by atoms with Crippen molar-refractivity contribution < 1.29 is 18.1 Å². The molecule has 162 valence electrons. The van der Waals surface area contributed by atoms with Crippen LogP contribution in [0.15, 0.2) is 71.6 Å². The Morgan fingerprint density at radius 1 is 1.03 bits per heavy atom. The molecule has 1 amide bonds. The van der Waals surface area contributed by atoms with Gasteiger partial charge in [0, 0.05) is 29.1 Å². The second-order valence-electron chi connectivity index (χ2n) is 6.81. The predicted octanol–water partition coefficient (Wildman–Crippen LogP) is 4.57. The van der Waals surface area contributed by atoms with E-state index in [4.69, 9.17) is 0 Å². The van der Waals surface area contributed by atoms with E-state index in [1.165, 1.54) is 53.8 Å². The minimum absolute atomic E-state index is 0.217. The van der Waals surface area contributed by atoms with E-state index in [0.717, 1.165) is 21.3 Å². The largest absolute Gasteiger partial charge is 0.322 e. The van der Waals surface area contributed by atoms with Gasteiger partial charge in [-0.1, -0.05) is 6.07 Å². The van der Waals surface area contributed by atoms with Gasteiger partial charge < -0.3 is 5.32 Å². The number of benzene rings is 3. The molecule has 2 N–H and O–H groups in total. The molecule has 0 spiro atoms. The van der Waals surface area contributed by atoms with Crippen molar-refractivity contribution in [2.75, 3.05) is 10.0 Å². The Morgan fingerprint density at radius 3 is 2.47 bits per heavy atom. The smallest absolute Gasteiger partial charge is 0.270 e. The lowest BCUT2D eigenvalue weighted by atomic mass is 10.2. The summed E-state index contributed by atoms with van der Waals surface area (Å²) in [6.45, 7) is 1.91. The Labute approximate surface area is 186 Å². The van der Waals surface area contributed by atoms with Crippen LogP contribution in [-0.4, -0.2) is 24.2 Å². The van der Waals surface area contributed by atoms with Gasteiger partial charge in [0.25, 0.3) is 21.6 Å². The van der Waals surface area contributed by atoms with Crippen molar-refractivity contribution in [1.82, 2.24) is 4.98 Å². The number of amides is 1. The number of non-ortho nitro benzene ring substituents is 1. The number of nitrogens with zero attached hydrogens (tertiary/aromatic N) is 2. The van der Waals surface area contributed by atoms with Crippen LogP contribution in [0.5, 0.6) is 0 Å². The third kappa shape index (κ3) is 4.58. The molecule has 0 unspecified atom stereocenters. The molecular formula is C21H16N4O5S2. The molecule has 0 atom stereocenters. The molecule has 0 saturated carbocycles. The standard InChI is InChI=1S/C21H16N4O5S2/c1-13-22-19-10-9-16(11-20(19)31-13)23-21(26)14-5-7-15(8-6-14)24-32(29,30)18-4-2-3-17(12-18)25(27)28/h2-12,24H,1H3,(H,23,26). The summed E-state index contributed by atoms with van der Waals surface area (Å²) in [6, 6.07) is 16.0. The highest BCUT2D eigenvalue weighted by Gasteiger charge is 2.18. The van der Waals surface area contributed by atoms with Crippen LogP contribution in [0.1, 0.15) is 15.4 Å². The van der Waals surface area contributed by atoms with E-state index in [1.807, 2.05) is 19.1 Å². The molecule has 0 aliphatic carbocycles. The number of rotatable bonds is 6. The van der Waals surface area contributed by atoms with Gasteiger partial charge in [-0.15, -0.1) is 11.3 Å². The number of nitrogens with one attached hydrogen (secondary N) is 2. The van der Waals surface area contributed by atoms with Gasteiger partial charge >= 0.3 is 0 Å². The number of aryl methyl sites for hydroxylation is 1. The maximum absolute atomic E-state index is 12.5. The van der Waals surface area contributed by atoms with Gasteiger partial charge in [-0.2, -0.15) is 0 Å². The summed E-state index contributed by atoms with van der Waals surface area (Å²) in [5.74, 6) is -0.348. The average molecular weight is 469 g/mol. The third-order valence-corrected chi connectivity index (χ3v) is 6.80. The lowest BCUT2D eigenvalue weighted by Crippen LogP contribution is -2.14. The van der Waals surface area contributed by atoms with Crippen LogP contribution < -0.4 is 10.0 Å². The summed E-state index contributed by atoms with van der Waals surface area (Å²) in [4.78, 5) is 26.9. The zero-order valence-corrected chi connectivity index (χ0v) is 18.2. The van der Waals surface area contributed by atoms with Gasteiger partial charge in [0.2, 0.25) is 0 Å². The molecule has 0 saturated heterocycles. The molecular weight excluding hydrogens is 452 g/mol. The van der Waals surface area contributed by atoms with Gasteiger partial charge in [0.05, 0.1) is 25.0 Å². The lowest BCUT2D eigenvalue weighted by Gasteiger charge is -2.09. The number of anilines is 2. The quantitative estimate of drug-likeness (QED) is 0.315. The number of hydrogen-bond donors (Lipinski definition) is 2. The first kappa shape index (κ1) is 21.4. The summed E-state index contributed by atoms with van der Waals surface area (Å²) in [7, 11) is -4.03. The Kier molecular flexibility index (Phi) is 5.59. The minimum atomic E-state index is -4.03. The first-order chi connectivity index (χ1) is 15.2. The number of carbonyl (C=O) groups excluding carboxylic acids is 1. The first-order valence-electron chi connectivity index (χ1n) is 9.27. The van der Waals surface area contributed by atoms with Crippen LogP contribution in [0.3, 0.4) is 0 Å². The predicted molar refractivity (Wildman–Crippen MR) is 123 cm³/mol. The highest BCUT2D eigenvalue weighted by molar-refractivity contribution is 7.92. The second-order valence-corrected chi connectivity index (χ2v) is 9.72. The SMILES string of the molecule is Cc1nc2ccc(NC(=O)c3ccc(NS(=O)(=O)c4cccc([N+](=O)[O-])c4)cc3)cc2s1. The number of sulfonamides is 1. The summed E-state index contributed by atoms with van der Waals surface area (Å²) < 4.78 is 28.4. The normalized spacial score (nSPS) is 11.3. The minimum Gasteiger partial charge on any atom is -0.322 e. The summed E-state index contributed by atoms with van der Waals surface area (Å²) in [6.07, 6.45) is 0. The maximum atomic E-state index is 12.5. The number of hydrogen-bond acceptors (Lipinski definition) is 7. The van der Waals surface area contributed by atoms with Crippen molar-refractivity contribution in [2.24, 2.45) is 0 Å². The second kappa shape index (κ2) is 8.36. The highest BCUT2D eigenvalue weighted by Crippen LogP contribution is 2.25. The fourth-order valence-corrected chi connectivity index (χ4v) is 4.95. The number of carbonyl (C=O) groups is 1. The van der Waals surface area contributed by atoms with Crippen LogP contribution >= 0.6 is 11.3 Å². The molecule has 1 heterocycles. The molecule has 9 nitrogen and oxygen atoms in total. The molecule has 1 aromatic heterocycles. The Hall–Kier alpha value is -3.83. The van der Waals surface area contributed by atoms with Crippen LogP contribution in [-0.2, 0) is 10.0 Å². The van der Waals surface area contributed by atoms with E-state index in [2.05, 4.69) is 15.0 Å². The molecule has 3 aromatic carbocycles. The number of nitro benzene ring substituents is 1. The Morgan fingerprint density at radius 2 is 1.75 bits per heavy atom. The number of fused-ring (bicyclic) bond motifs is 1. The van der Waals surface area contributed by atoms with E-state index in [9.17, 15) is 23.3 Å². The lowest BCUT2D eigenvalue weighted by molar-refractivity contribution is -0.385. The van der Waals surface area contributed by atoms with Gasteiger partial charge in [0.1, 0.15) is 0 Å². The molecule has 0 radical (unpaired) electrons. The number of thiazole rings is 1. The number of aromatic nitrogens is 1. The van der Waals surface area contributed by atoms with E-state index in [0.29, 0.717) is 11.3 Å². The van der Waals surface area contributed by atoms with E-state index >= 15 is 0 Å². The topological polar surface area (TPSA) is 131 Å². The van der Waals surface area contributed by atoms with Crippen molar-refractivity contribution in [2.45, 2.75) is 11.8 Å². The molecule has 0 aliphatic heterocycles. The molecule has 32 heavy (non-hydrogen) atoms. The van der Waals surface area contributed by atoms with Crippen molar-refractivity contribution >= 4 is 54.5 Å². The summed E-state index contributed by atoms with van der Waals surface area (Å²) >= 11 is 1.53. The van der Waals surface area contributed by atoms with E-state index in [1.54, 1.807) is 6.07 Å². The van der Waals surface area contributed by atoms with Gasteiger partial charge in [-0.3, -0.25) is 19.6 Å². The fraction of sp³-hybridized carbons (Fsp3) is 0.0476. The molecule has 11 heteroatoms. The third-order valence-electron chi connectivity index (χ3n) is 4.49. The van der Waals surface area contributed by atoms with Crippen LogP contribution in [0.4, 0.5) is 17.1 Å². The Balaban J connectivity index is 1.47. The Bertz CT molecular complexity index is 1450.